The van der Waals surface area contributed by atoms with Crippen LogP contribution in [0, 0.1) is 0 Å². The van der Waals surface area contributed by atoms with Gasteiger partial charge in [0.05, 0.1) is 18.1 Å². The van der Waals surface area contributed by atoms with Crippen LogP contribution < -0.4 is 10.2 Å². The summed E-state index contributed by atoms with van der Waals surface area (Å²) in [5.74, 6) is 0.266. The third-order valence-corrected chi connectivity index (χ3v) is 4.64. The van der Waals surface area contributed by atoms with Crippen LogP contribution >= 0.6 is 0 Å². The first kappa shape index (κ1) is 16.1. The summed E-state index contributed by atoms with van der Waals surface area (Å²) in [6, 6.07) is 12.0. The standard InChI is InChI=1S/C21H16O5/c1-25-17-5-3-2-4-12(17)10-13-6-8-15-19(22)16-11-14(21(23)24)7-9-18(16)26-20(13)15/h2-5,7,9-11H,6,8H2,1H3,(H,23,24)/b13-10+. The molecule has 0 unspecified atom stereocenters. The minimum atomic E-state index is -1.07. The second-order valence-corrected chi connectivity index (χ2v) is 6.17. The number of carboxylic acids is 1. The maximum atomic E-state index is 12.8. The van der Waals surface area contributed by atoms with Crippen molar-refractivity contribution in [3.05, 3.63) is 75.1 Å². The number of carboxylic acid groups (broad SMARTS) is 1. The SMILES string of the molecule is COc1ccccc1/C=C1\CCc2c1oc1ccc(C(=O)O)cc1c2=O. The topological polar surface area (TPSA) is 76.7 Å². The molecule has 1 aromatic heterocycles. The van der Waals surface area contributed by atoms with Gasteiger partial charge in [0.1, 0.15) is 17.1 Å². The number of para-hydroxylation sites is 1. The van der Waals surface area contributed by atoms with Gasteiger partial charge in [-0.2, -0.15) is 0 Å². The zero-order chi connectivity index (χ0) is 18.3. The quantitative estimate of drug-likeness (QED) is 0.774. The molecule has 0 bridgehead atoms. The molecule has 0 radical (unpaired) electrons. The third-order valence-electron chi connectivity index (χ3n) is 4.64. The lowest BCUT2D eigenvalue weighted by molar-refractivity contribution is 0.0697. The molecule has 26 heavy (non-hydrogen) atoms. The molecular formula is C21H16O5. The van der Waals surface area contributed by atoms with E-state index in [-0.39, 0.29) is 11.0 Å². The van der Waals surface area contributed by atoms with Crippen molar-refractivity contribution >= 4 is 28.6 Å². The molecule has 2 aromatic carbocycles. The van der Waals surface area contributed by atoms with Crippen molar-refractivity contribution in [3.8, 4) is 5.75 Å². The van der Waals surface area contributed by atoms with Crippen LogP contribution in [0.2, 0.25) is 0 Å². The number of carbonyl (C=O) groups is 1. The number of ether oxygens (including phenoxy) is 1. The van der Waals surface area contributed by atoms with Crippen LogP contribution in [0.15, 0.2) is 51.7 Å². The summed E-state index contributed by atoms with van der Waals surface area (Å²) >= 11 is 0. The molecule has 0 amide bonds. The van der Waals surface area contributed by atoms with Gasteiger partial charge in [0.2, 0.25) is 0 Å². The summed E-state index contributed by atoms with van der Waals surface area (Å²) in [5, 5.41) is 9.44. The zero-order valence-corrected chi connectivity index (χ0v) is 14.1. The van der Waals surface area contributed by atoms with E-state index >= 15 is 0 Å². The Morgan fingerprint density at radius 3 is 2.77 bits per heavy atom. The van der Waals surface area contributed by atoms with Crippen molar-refractivity contribution in [1.29, 1.82) is 0 Å². The van der Waals surface area contributed by atoms with Crippen LogP contribution in [0.5, 0.6) is 5.75 Å². The van der Waals surface area contributed by atoms with Crippen LogP contribution in [0.3, 0.4) is 0 Å². The largest absolute Gasteiger partial charge is 0.496 e. The number of aromatic carboxylic acids is 1. The smallest absolute Gasteiger partial charge is 0.335 e. The van der Waals surface area contributed by atoms with Gasteiger partial charge in [-0.1, -0.05) is 18.2 Å². The zero-order valence-electron chi connectivity index (χ0n) is 14.1. The highest BCUT2D eigenvalue weighted by molar-refractivity contribution is 5.94. The van der Waals surface area contributed by atoms with E-state index in [0.29, 0.717) is 35.1 Å². The molecule has 1 aliphatic rings. The van der Waals surface area contributed by atoms with Gasteiger partial charge in [0, 0.05) is 11.1 Å². The van der Waals surface area contributed by atoms with Crippen LogP contribution in [0.25, 0.3) is 22.6 Å². The van der Waals surface area contributed by atoms with E-state index in [2.05, 4.69) is 0 Å². The normalized spacial score (nSPS) is 14.6. The molecule has 1 aliphatic carbocycles. The number of methoxy groups -OCH3 is 1. The van der Waals surface area contributed by atoms with Gasteiger partial charge >= 0.3 is 5.97 Å². The fraction of sp³-hybridized carbons (Fsp3) is 0.143. The Morgan fingerprint density at radius 1 is 1.19 bits per heavy atom. The first-order valence-corrected chi connectivity index (χ1v) is 8.25. The second-order valence-electron chi connectivity index (χ2n) is 6.17. The molecule has 1 heterocycles. The van der Waals surface area contributed by atoms with Crippen molar-refractivity contribution < 1.29 is 19.1 Å². The van der Waals surface area contributed by atoms with Crippen molar-refractivity contribution in [2.45, 2.75) is 12.8 Å². The lowest BCUT2D eigenvalue weighted by Gasteiger charge is -2.07. The van der Waals surface area contributed by atoms with Crippen LogP contribution in [0.1, 0.15) is 33.7 Å². The minimum Gasteiger partial charge on any atom is -0.496 e. The molecule has 3 aromatic rings. The van der Waals surface area contributed by atoms with Crippen LogP contribution in [-0.4, -0.2) is 18.2 Å². The molecule has 130 valence electrons. The van der Waals surface area contributed by atoms with Crippen LogP contribution in [-0.2, 0) is 6.42 Å². The number of benzene rings is 2. The van der Waals surface area contributed by atoms with E-state index in [9.17, 15) is 9.59 Å². The molecule has 5 heteroatoms. The van der Waals surface area contributed by atoms with E-state index < -0.39 is 5.97 Å². The molecule has 0 aliphatic heterocycles. The van der Waals surface area contributed by atoms with E-state index in [1.807, 2.05) is 30.3 Å². The average molecular weight is 348 g/mol. The van der Waals surface area contributed by atoms with Gasteiger partial charge in [-0.25, -0.2) is 4.79 Å². The lowest BCUT2D eigenvalue weighted by Crippen LogP contribution is -2.09. The number of hydrogen-bond acceptors (Lipinski definition) is 4. The third kappa shape index (κ3) is 2.58. The Labute approximate surface area is 149 Å². The number of allylic oxidation sites excluding steroid dienone is 1. The predicted octanol–water partition coefficient (Wildman–Crippen LogP) is 3.99. The van der Waals surface area contributed by atoms with Crippen molar-refractivity contribution in [1.82, 2.24) is 0 Å². The fourth-order valence-electron chi connectivity index (χ4n) is 3.34. The van der Waals surface area contributed by atoms with Crippen molar-refractivity contribution in [2.24, 2.45) is 0 Å². The highest BCUT2D eigenvalue weighted by atomic mass is 16.5. The van der Waals surface area contributed by atoms with Gasteiger partial charge in [0.15, 0.2) is 5.43 Å². The minimum absolute atomic E-state index is 0.0764. The van der Waals surface area contributed by atoms with Crippen LogP contribution in [0.4, 0.5) is 0 Å². The molecular weight excluding hydrogens is 332 g/mol. The molecule has 0 atom stereocenters. The first-order chi connectivity index (χ1) is 12.6. The van der Waals surface area contributed by atoms with Crippen molar-refractivity contribution in [2.75, 3.05) is 7.11 Å². The summed E-state index contributed by atoms with van der Waals surface area (Å²) in [6.45, 7) is 0. The maximum absolute atomic E-state index is 12.8. The Bertz CT molecular complexity index is 1120. The van der Waals surface area contributed by atoms with Gasteiger partial charge in [-0.05, 0) is 48.8 Å². The summed E-state index contributed by atoms with van der Waals surface area (Å²) in [5.41, 5.74) is 2.76. The van der Waals surface area contributed by atoms with Gasteiger partial charge < -0.3 is 14.3 Å². The molecule has 0 spiro atoms. The lowest BCUT2D eigenvalue weighted by atomic mass is 10.1. The predicted molar refractivity (Wildman–Crippen MR) is 98.6 cm³/mol. The Balaban J connectivity index is 1.88. The number of rotatable bonds is 3. The summed E-state index contributed by atoms with van der Waals surface area (Å²) in [7, 11) is 1.62. The maximum Gasteiger partial charge on any atom is 0.335 e. The van der Waals surface area contributed by atoms with E-state index in [0.717, 1.165) is 16.9 Å². The van der Waals surface area contributed by atoms with Gasteiger partial charge in [-0.15, -0.1) is 0 Å². The molecule has 4 rings (SSSR count). The average Bonchev–Trinajstić information content (AvgIpc) is 3.05. The van der Waals surface area contributed by atoms with E-state index in [4.69, 9.17) is 14.3 Å². The van der Waals surface area contributed by atoms with E-state index in [1.54, 1.807) is 13.2 Å². The Hall–Kier alpha value is -3.34. The first-order valence-electron chi connectivity index (χ1n) is 8.25. The molecule has 0 saturated carbocycles. The molecule has 5 nitrogen and oxygen atoms in total. The fourth-order valence-corrected chi connectivity index (χ4v) is 3.34. The van der Waals surface area contributed by atoms with Gasteiger partial charge in [-0.3, -0.25) is 4.79 Å². The highest BCUT2D eigenvalue weighted by Gasteiger charge is 2.24. The Kier molecular flexibility index (Phi) is 3.84. The van der Waals surface area contributed by atoms with Crippen molar-refractivity contribution in [3.63, 3.8) is 0 Å². The van der Waals surface area contributed by atoms with Gasteiger partial charge in [0.25, 0.3) is 0 Å². The molecule has 0 fully saturated rings. The summed E-state index contributed by atoms with van der Waals surface area (Å²) < 4.78 is 11.4. The number of fused-ring (bicyclic) bond motifs is 2. The summed E-state index contributed by atoms with van der Waals surface area (Å²) in [6.07, 6.45) is 3.24. The monoisotopic (exact) mass is 348 g/mol. The second kappa shape index (κ2) is 6.19. The Morgan fingerprint density at radius 2 is 2.00 bits per heavy atom. The molecule has 1 N–H and O–H groups in total. The highest BCUT2D eigenvalue weighted by Crippen LogP contribution is 2.35. The molecule has 0 saturated heterocycles. The van der Waals surface area contributed by atoms with E-state index in [1.165, 1.54) is 12.1 Å². The summed E-state index contributed by atoms with van der Waals surface area (Å²) in [4.78, 5) is 24.0. The number of hydrogen-bond donors (Lipinski definition) is 1.